The Morgan fingerprint density at radius 2 is 2.31 bits per heavy atom. The van der Waals surface area contributed by atoms with E-state index in [2.05, 4.69) is 15.3 Å². The highest BCUT2D eigenvalue weighted by molar-refractivity contribution is 7.07. The first-order valence-corrected chi connectivity index (χ1v) is 4.31. The summed E-state index contributed by atoms with van der Waals surface area (Å²) in [5.41, 5.74) is 4.43. The van der Waals surface area contributed by atoms with Gasteiger partial charge in [0.15, 0.2) is 6.61 Å². The third-order valence-corrected chi connectivity index (χ3v) is 1.71. The summed E-state index contributed by atoms with van der Waals surface area (Å²) >= 11 is 1.37. The number of halogens is 3. The first kappa shape index (κ1) is 10.4. The maximum Gasteiger partial charge on any atom is 0.413 e. The van der Waals surface area contributed by atoms with Gasteiger partial charge in [-0.15, -0.1) is 11.3 Å². The Morgan fingerprint density at radius 3 is 2.85 bits per heavy atom. The molecule has 7 heteroatoms. The first-order chi connectivity index (χ1) is 6.08. The molecule has 0 unspecified atom stereocenters. The average molecular weight is 212 g/mol. The van der Waals surface area contributed by atoms with Crippen molar-refractivity contribution in [3.05, 3.63) is 16.6 Å². The first-order valence-electron chi connectivity index (χ1n) is 3.36. The molecule has 1 aromatic rings. The van der Waals surface area contributed by atoms with Gasteiger partial charge in [-0.3, -0.25) is 4.84 Å². The maximum absolute atomic E-state index is 11.5. The van der Waals surface area contributed by atoms with Crippen molar-refractivity contribution in [3.63, 3.8) is 0 Å². The molecule has 0 aliphatic rings. The Balaban J connectivity index is 2.09. The maximum atomic E-state index is 11.5. The zero-order chi connectivity index (χ0) is 9.73. The predicted octanol–water partition coefficient (Wildman–Crippen LogP) is 1.73. The highest BCUT2D eigenvalue weighted by atomic mass is 32.1. The lowest BCUT2D eigenvalue weighted by Gasteiger charge is -2.06. The van der Waals surface area contributed by atoms with E-state index in [0.29, 0.717) is 5.69 Å². The molecule has 13 heavy (non-hydrogen) atoms. The van der Waals surface area contributed by atoms with Crippen molar-refractivity contribution in [2.24, 2.45) is 0 Å². The fourth-order valence-electron chi connectivity index (χ4n) is 0.583. The Morgan fingerprint density at radius 1 is 1.54 bits per heavy atom. The van der Waals surface area contributed by atoms with Gasteiger partial charge < -0.3 is 0 Å². The van der Waals surface area contributed by atoms with Crippen LogP contribution in [0.25, 0.3) is 0 Å². The highest BCUT2D eigenvalue weighted by Crippen LogP contribution is 2.13. The molecule has 0 aliphatic carbocycles. The van der Waals surface area contributed by atoms with E-state index in [9.17, 15) is 13.2 Å². The number of rotatable bonds is 4. The number of aromatic nitrogens is 1. The van der Waals surface area contributed by atoms with E-state index in [0.717, 1.165) is 0 Å². The summed E-state index contributed by atoms with van der Waals surface area (Å²) in [7, 11) is 0. The van der Waals surface area contributed by atoms with Crippen LogP contribution in [-0.4, -0.2) is 17.8 Å². The quantitative estimate of drug-likeness (QED) is 0.609. The summed E-state index contributed by atoms with van der Waals surface area (Å²) in [5, 5.41) is 1.73. The Bertz CT molecular complexity index is 237. The van der Waals surface area contributed by atoms with Crippen LogP contribution in [0.4, 0.5) is 13.2 Å². The van der Waals surface area contributed by atoms with Gasteiger partial charge in [0.1, 0.15) is 0 Å². The van der Waals surface area contributed by atoms with Gasteiger partial charge in [-0.1, -0.05) is 0 Å². The molecule has 1 rings (SSSR count). The van der Waals surface area contributed by atoms with Crippen molar-refractivity contribution in [2.75, 3.05) is 6.61 Å². The monoisotopic (exact) mass is 212 g/mol. The van der Waals surface area contributed by atoms with E-state index in [1.54, 1.807) is 10.9 Å². The lowest BCUT2D eigenvalue weighted by molar-refractivity contribution is -0.190. The van der Waals surface area contributed by atoms with Crippen molar-refractivity contribution >= 4 is 11.3 Å². The molecular formula is C6H7F3N2OS. The number of hydroxylamine groups is 1. The van der Waals surface area contributed by atoms with Crippen LogP contribution in [0.2, 0.25) is 0 Å². The predicted molar refractivity (Wildman–Crippen MR) is 41.0 cm³/mol. The molecule has 0 saturated carbocycles. The van der Waals surface area contributed by atoms with Crippen molar-refractivity contribution in [2.45, 2.75) is 12.7 Å². The molecule has 0 bridgehead atoms. The second kappa shape index (κ2) is 4.54. The third kappa shape index (κ3) is 4.81. The molecule has 0 spiro atoms. The molecule has 0 radical (unpaired) electrons. The number of alkyl halides is 3. The van der Waals surface area contributed by atoms with Gasteiger partial charge in [0.25, 0.3) is 0 Å². The number of thiazole rings is 1. The van der Waals surface area contributed by atoms with E-state index in [1.807, 2.05) is 0 Å². The number of hydrogen-bond donors (Lipinski definition) is 1. The second-order valence-electron chi connectivity index (χ2n) is 2.20. The minimum atomic E-state index is -4.30. The van der Waals surface area contributed by atoms with Gasteiger partial charge in [-0.25, -0.2) is 4.98 Å². The van der Waals surface area contributed by atoms with Crippen LogP contribution in [-0.2, 0) is 11.4 Å². The molecule has 0 aliphatic heterocycles. The Kier molecular flexibility index (Phi) is 3.64. The lowest BCUT2D eigenvalue weighted by Crippen LogP contribution is -2.24. The van der Waals surface area contributed by atoms with E-state index < -0.39 is 12.8 Å². The normalized spacial score (nSPS) is 11.9. The number of nitrogens with zero attached hydrogens (tertiary/aromatic N) is 1. The van der Waals surface area contributed by atoms with Crippen LogP contribution in [0.1, 0.15) is 5.69 Å². The molecule has 0 saturated heterocycles. The van der Waals surface area contributed by atoms with Crippen LogP contribution in [0.5, 0.6) is 0 Å². The van der Waals surface area contributed by atoms with E-state index in [-0.39, 0.29) is 6.54 Å². The smallest absolute Gasteiger partial charge is 0.292 e. The van der Waals surface area contributed by atoms with Crippen LogP contribution in [0.3, 0.4) is 0 Å². The molecule has 1 heterocycles. The van der Waals surface area contributed by atoms with E-state index in [1.165, 1.54) is 11.3 Å². The lowest BCUT2D eigenvalue weighted by atomic mass is 10.5. The molecule has 74 valence electrons. The van der Waals surface area contributed by atoms with Gasteiger partial charge in [0.2, 0.25) is 0 Å². The number of nitrogens with one attached hydrogen (secondary N) is 1. The van der Waals surface area contributed by atoms with Gasteiger partial charge >= 0.3 is 6.18 Å². The molecule has 0 fully saturated rings. The highest BCUT2D eigenvalue weighted by Gasteiger charge is 2.27. The van der Waals surface area contributed by atoms with Gasteiger partial charge in [-0.05, 0) is 0 Å². The van der Waals surface area contributed by atoms with Crippen molar-refractivity contribution in [1.29, 1.82) is 0 Å². The number of hydrogen-bond acceptors (Lipinski definition) is 4. The van der Waals surface area contributed by atoms with E-state index >= 15 is 0 Å². The van der Waals surface area contributed by atoms with Crippen LogP contribution >= 0.6 is 11.3 Å². The molecule has 3 nitrogen and oxygen atoms in total. The van der Waals surface area contributed by atoms with Gasteiger partial charge in [-0.2, -0.15) is 18.7 Å². The zero-order valence-corrected chi connectivity index (χ0v) is 7.28. The van der Waals surface area contributed by atoms with Gasteiger partial charge in [0, 0.05) is 5.38 Å². The molecule has 0 atom stereocenters. The molecule has 0 amide bonds. The van der Waals surface area contributed by atoms with Crippen molar-refractivity contribution in [3.8, 4) is 0 Å². The summed E-state index contributed by atoms with van der Waals surface area (Å²) in [6.45, 7) is -1.11. The van der Waals surface area contributed by atoms with Crippen LogP contribution in [0.15, 0.2) is 10.9 Å². The summed E-state index contributed by atoms with van der Waals surface area (Å²) < 4.78 is 34.6. The second-order valence-corrected chi connectivity index (χ2v) is 2.92. The minimum Gasteiger partial charge on any atom is -0.292 e. The molecule has 0 aromatic carbocycles. The van der Waals surface area contributed by atoms with Crippen molar-refractivity contribution < 1.29 is 18.0 Å². The van der Waals surface area contributed by atoms with Gasteiger partial charge in [0.05, 0.1) is 17.7 Å². The fraction of sp³-hybridized carbons (Fsp3) is 0.500. The van der Waals surface area contributed by atoms with E-state index in [4.69, 9.17) is 0 Å². The summed E-state index contributed by atoms with van der Waals surface area (Å²) in [6, 6.07) is 0. The summed E-state index contributed by atoms with van der Waals surface area (Å²) in [4.78, 5) is 8.01. The van der Waals surface area contributed by atoms with Crippen molar-refractivity contribution in [1.82, 2.24) is 10.5 Å². The molecule has 1 aromatic heterocycles. The van der Waals surface area contributed by atoms with Crippen LogP contribution < -0.4 is 5.48 Å². The Labute approximate surface area is 76.5 Å². The van der Waals surface area contributed by atoms with Crippen LogP contribution in [0, 0.1) is 0 Å². The fourth-order valence-corrected chi connectivity index (χ4v) is 1.14. The molecule has 1 N–H and O–H groups in total. The topological polar surface area (TPSA) is 34.1 Å². The average Bonchev–Trinajstić information content (AvgIpc) is 2.48. The Hall–Kier alpha value is -0.660. The minimum absolute atomic E-state index is 0.180. The SMILES string of the molecule is FC(F)(F)CONCc1cscn1. The third-order valence-electron chi connectivity index (χ3n) is 1.07. The summed E-state index contributed by atoms with van der Waals surface area (Å²) in [5.74, 6) is 0. The summed E-state index contributed by atoms with van der Waals surface area (Å²) in [6.07, 6.45) is -4.30. The zero-order valence-electron chi connectivity index (χ0n) is 6.47. The largest absolute Gasteiger partial charge is 0.413 e. The molecular weight excluding hydrogens is 205 g/mol. The standard InChI is InChI=1S/C6H7F3N2OS/c7-6(8,9)3-12-11-1-5-2-13-4-10-5/h2,4,11H,1,3H2.